The number of rotatable bonds is 1. The van der Waals surface area contributed by atoms with E-state index in [4.69, 9.17) is 0 Å². The van der Waals surface area contributed by atoms with Crippen molar-refractivity contribution in [1.82, 2.24) is 10.2 Å². The average Bonchev–Trinajstić information content (AvgIpc) is 2.41. The highest BCUT2D eigenvalue weighted by atomic mass is 79.9. The highest BCUT2D eigenvalue weighted by Crippen LogP contribution is 2.34. The van der Waals surface area contributed by atoms with E-state index in [0.29, 0.717) is 15.9 Å². The van der Waals surface area contributed by atoms with E-state index >= 15 is 0 Å². The van der Waals surface area contributed by atoms with Crippen molar-refractivity contribution in [2.24, 2.45) is 0 Å². The highest BCUT2D eigenvalue weighted by Gasteiger charge is 2.12. The molecule has 1 aromatic heterocycles. The normalized spacial score (nSPS) is 10.8. The van der Waals surface area contributed by atoms with Gasteiger partial charge in [-0.05, 0) is 40.5 Å². The Morgan fingerprint density at radius 2 is 1.74 bits per heavy atom. The zero-order chi connectivity index (χ0) is 13.4. The van der Waals surface area contributed by atoms with Crippen LogP contribution in [-0.2, 0) is 0 Å². The van der Waals surface area contributed by atoms with E-state index in [1.54, 1.807) is 6.07 Å². The summed E-state index contributed by atoms with van der Waals surface area (Å²) < 4.78 is 0.707. The average molecular weight is 315 g/mol. The van der Waals surface area contributed by atoms with E-state index in [2.05, 4.69) is 26.1 Å². The molecule has 0 spiro atoms. The van der Waals surface area contributed by atoms with Gasteiger partial charge in [0.05, 0.1) is 0 Å². The molecule has 3 rings (SSSR count). The Balaban J connectivity index is 2.34. The van der Waals surface area contributed by atoms with E-state index in [0.717, 1.165) is 16.3 Å². The number of aromatic nitrogens is 2. The maximum Gasteiger partial charge on any atom is 0.136 e. The number of hydrogen-bond donors (Lipinski definition) is 1. The Morgan fingerprint density at radius 1 is 1.00 bits per heavy atom. The lowest BCUT2D eigenvalue weighted by Gasteiger charge is -2.08. The molecule has 19 heavy (non-hydrogen) atoms. The first-order valence-electron chi connectivity index (χ1n) is 5.88. The fraction of sp³-hybridized carbons (Fsp3) is 0.0667. The molecule has 3 aromatic rings. The molecule has 1 N–H and O–H groups in total. The van der Waals surface area contributed by atoms with Crippen molar-refractivity contribution in [3.63, 3.8) is 0 Å². The lowest BCUT2D eigenvalue weighted by molar-refractivity contribution is 0.476. The molecule has 1 heterocycles. The molecule has 4 heteroatoms. The largest absolute Gasteiger partial charge is 0.507 e. The smallest absolute Gasteiger partial charge is 0.136 e. The molecule has 3 nitrogen and oxygen atoms in total. The first-order valence-corrected chi connectivity index (χ1v) is 6.67. The number of halogens is 1. The molecule has 0 aliphatic carbocycles. The third-order valence-electron chi connectivity index (χ3n) is 3.05. The van der Waals surface area contributed by atoms with Crippen molar-refractivity contribution in [2.45, 2.75) is 6.92 Å². The Bertz CT molecular complexity index is 771. The van der Waals surface area contributed by atoms with E-state index in [1.165, 1.54) is 0 Å². The van der Waals surface area contributed by atoms with Gasteiger partial charge in [0.1, 0.15) is 16.0 Å². The van der Waals surface area contributed by atoms with Gasteiger partial charge in [0.25, 0.3) is 0 Å². The minimum atomic E-state index is 0.224. The van der Waals surface area contributed by atoms with Gasteiger partial charge >= 0.3 is 0 Å². The fourth-order valence-corrected chi connectivity index (χ4v) is 2.54. The number of aryl methyl sites for hydroxylation is 1. The number of aromatic hydroxyl groups is 1. The standard InChI is InChI=1S/C15H11BrN2O/c1-9-6-7-12(13(19)8-9)14-10-4-2-3-5-11(10)15(16)18-17-14/h2-8,19H,1H3. The molecule has 2 aromatic carbocycles. The summed E-state index contributed by atoms with van der Waals surface area (Å²) in [5, 5.41) is 20.3. The van der Waals surface area contributed by atoms with E-state index in [1.807, 2.05) is 43.3 Å². The quantitative estimate of drug-likeness (QED) is 0.736. The number of phenols is 1. The molecule has 0 aliphatic heterocycles. The predicted octanol–water partition coefficient (Wildman–Crippen LogP) is 4.07. The third-order valence-corrected chi connectivity index (χ3v) is 3.64. The second-order valence-corrected chi connectivity index (χ2v) is 5.16. The molecule has 0 unspecified atom stereocenters. The van der Waals surface area contributed by atoms with Crippen molar-refractivity contribution >= 4 is 26.7 Å². The number of fused-ring (bicyclic) bond motifs is 1. The molecule has 94 valence electrons. The SMILES string of the molecule is Cc1ccc(-c2nnc(Br)c3ccccc23)c(O)c1. The first kappa shape index (κ1) is 12.1. The van der Waals surface area contributed by atoms with Crippen LogP contribution in [0.25, 0.3) is 22.0 Å². The second-order valence-electron chi connectivity index (χ2n) is 4.41. The summed E-state index contributed by atoms with van der Waals surface area (Å²) in [7, 11) is 0. The zero-order valence-electron chi connectivity index (χ0n) is 10.3. The van der Waals surface area contributed by atoms with Crippen LogP contribution in [0.5, 0.6) is 5.75 Å². The number of benzene rings is 2. The summed E-state index contributed by atoms with van der Waals surface area (Å²) in [5.41, 5.74) is 2.40. The monoisotopic (exact) mass is 314 g/mol. The van der Waals surface area contributed by atoms with Gasteiger partial charge in [0, 0.05) is 16.3 Å². The van der Waals surface area contributed by atoms with Crippen LogP contribution < -0.4 is 0 Å². The maximum absolute atomic E-state index is 10.1. The van der Waals surface area contributed by atoms with Crippen LogP contribution >= 0.6 is 15.9 Å². The summed E-state index contributed by atoms with van der Waals surface area (Å²) in [6, 6.07) is 13.4. The number of nitrogens with zero attached hydrogens (tertiary/aromatic N) is 2. The van der Waals surface area contributed by atoms with Gasteiger partial charge < -0.3 is 5.11 Å². The van der Waals surface area contributed by atoms with Crippen molar-refractivity contribution < 1.29 is 5.11 Å². The maximum atomic E-state index is 10.1. The van der Waals surface area contributed by atoms with Gasteiger partial charge in [-0.1, -0.05) is 30.3 Å². The molecule has 0 bridgehead atoms. The van der Waals surface area contributed by atoms with Gasteiger partial charge in [-0.2, -0.15) is 0 Å². The third kappa shape index (κ3) is 2.08. The highest BCUT2D eigenvalue weighted by molar-refractivity contribution is 9.10. The Hall–Kier alpha value is -1.94. The van der Waals surface area contributed by atoms with Crippen LogP contribution in [-0.4, -0.2) is 15.3 Å². The lowest BCUT2D eigenvalue weighted by Crippen LogP contribution is -1.92. The number of hydrogen-bond acceptors (Lipinski definition) is 3. The van der Waals surface area contributed by atoms with E-state index in [9.17, 15) is 5.11 Å². The molecular weight excluding hydrogens is 304 g/mol. The van der Waals surface area contributed by atoms with E-state index < -0.39 is 0 Å². The van der Waals surface area contributed by atoms with Gasteiger partial charge in [0.2, 0.25) is 0 Å². The van der Waals surface area contributed by atoms with Crippen LogP contribution in [0, 0.1) is 6.92 Å². The van der Waals surface area contributed by atoms with Crippen LogP contribution in [0.4, 0.5) is 0 Å². The minimum Gasteiger partial charge on any atom is -0.507 e. The summed E-state index contributed by atoms with van der Waals surface area (Å²) in [6.45, 7) is 1.94. The predicted molar refractivity (Wildman–Crippen MR) is 79.1 cm³/mol. The van der Waals surface area contributed by atoms with Crippen molar-refractivity contribution in [3.8, 4) is 17.0 Å². The van der Waals surface area contributed by atoms with Crippen molar-refractivity contribution in [2.75, 3.05) is 0 Å². The lowest BCUT2D eigenvalue weighted by atomic mass is 10.0. The number of phenolic OH excluding ortho intramolecular Hbond substituents is 1. The summed E-state index contributed by atoms with van der Waals surface area (Å²) in [4.78, 5) is 0. The first-order chi connectivity index (χ1) is 9.16. The molecule has 0 radical (unpaired) electrons. The zero-order valence-corrected chi connectivity index (χ0v) is 11.8. The molecule has 0 amide bonds. The summed E-state index contributed by atoms with van der Waals surface area (Å²) in [6.07, 6.45) is 0. The molecule has 0 atom stereocenters. The van der Waals surface area contributed by atoms with Crippen LogP contribution in [0.1, 0.15) is 5.56 Å². The Kier molecular flexibility index (Phi) is 2.95. The molecule has 0 saturated heterocycles. The van der Waals surface area contributed by atoms with Gasteiger partial charge in [-0.15, -0.1) is 10.2 Å². The van der Waals surface area contributed by atoms with Crippen molar-refractivity contribution in [1.29, 1.82) is 0 Å². The van der Waals surface area contributed by atoms with Crippen LogP contribution in [0.3, 0.4) is 0 Å². The Morgan fingerprint density at radius 3 is 2.47 bits per heavy atom. The molecule has 0 fully saturated rings. The molecule has 0 saturated carbocycles. The van der Waals surface area contributed by atoms with Crippen LogP contribution in [0.15, 0.2) is 47.1 Å². The summed E-state index contributed by atoms with van der Waals surface area (Å²) >= 11 is 3.40. The van der Waals surface area contributed by atoms with Gasteiger partial charge in [-0.25, -0.2) is 0 Å². The molecular formula is C15H11BrN2O. The van der Waals surface area contributed by atoms with Crippen molar-refractivity contribution in [3.05, 3.63) is 52.6 Å². The van der Waals surface area contributed by atoms with Gasteiger partial charge in [0.15, 0.2) is 0 Å². The fourth-order valence-electron chi connectivity index (χ4n) is 2.11. The topological polar surface area (TPSA) is 46.0 Å². The Labute approximate surface area is 119 Å². The van der Waals surface area contributed by atoms with E-state index in [-0.39, 0.29) is 5.75 Å². The minimum absolute atomic E-state index is 0.224. The van der Waals surface area contributed by atoms with Crippen LogP contribution in [0.2, 0.25) is 0 Å². The van der Waals surface area contributed by atoms with Gasteiger partial charge in [-0.3, -0.25) is 0 Å². The summed E-state index contributed by atoms with van der Waals surface area (Å²) in [5.74, 6) is 0.224. The molecule has 0 aliphatic rings. The second kappa shape index (κ2) is 4.63.